The van der Waals surface area contributed by atoms with Crippen molar-refractivity contribution < 1.29 is 4.92 Å². The number of hydrazone groups is 1. The van der Waals surface area contributed by atoms with Crippen molar-refractivity contribution >= 4 is 17.1 Å². The molecule has 0 bridgehead atoms. The van der Waals surface area contributed by atoms with E-state index in [1.54, 1.807) is 18.2 Å². The highest BCUT2D eigenvalue weighted by Gasteiger charge is 2.11. The highest BCUT2D eigenvalue weighted by molar-refractivity contribution is 5.83. The van der Waals surface area contributed by atoms with Gasteiger partial charge in [0.25, 0.3) is 5.69 Å². The van der Waals surface area contributed by atoms with Crippen LogP contribution in [0.4, 0.5) is 11.4 Å². The van der Waals surface area contributed by atoms with Gasteiger partial charge in [0.15, 0.2) is 0 Å². The molecule has 1 N–H and O–H groups in total. The molecule has 0 fully saturated rings. The first-order valence-electron chi connectivity index (χ1n) is 5.53. The molecule has 5 heteroatoms. The molecule has 0 spiro atoms. The Morgan fingerprint density at radius 3 is 2.71 bits per heavy atom. The van der Waals surface area contributed by atoms with Crippen molar-refractivity contribution in [2.45, 2.75) is 27.2 Å². The molecule has 0 aliphatic carbocycles. The van der Waals surface area contributed by atoms with Gasteiger partial charge in [-0.3, -0.25) is 15.5 Å². The van der Waals surface area contributed by atoms with Gasteiger partial charge in [-0.2, -0.15) is 5.10 Å². The third kappa shape index (κ3) is 4.22. The van der Waals surface area contributed by atoms with Crippen molar-refractivity contribution in [3.05, 3.63) is 34.4 Å². The number of nitrogens with one attached hydrogen (secondary N) is 1. The monoisotopic (exact) mass is 235 g/mol. The summed E-state index contributed by atoms with van der Waals surface area (Å²) in [6, 6.07) is 6.47. The third-order valence-electron chi connectivity index (χ3n) is 2.17. The van der Waals surface area contributed by atoms with Crippen molar-refractivity contribution in [2.24, 2.45) is 11.0 Å². The van der Waals surface area contributed by atoms with Crippen molar-refractivity contribution in [1.29, 1.82) is 0 Å². The quantitative estimate of drug-likeness (QED) is 0.483. The summed E-state index contributed by atoms with van der Waals surface area (Å²) in [7, 11) is 0. The van der Waals surface area contributed by atoms with Gasteiger partial charge in [0.05, 0.1) is 4.92 Å². The number of rotatable bonds is 5. The summed E-state index contributed by atoms with van der Waals surface area (Å²) in [6.07, 6.45) is 0.869. The molecule has 0 saturated heterocycles. The van der Waals surface area contributed by atoms with Gasteiger partial charge in [-0.1, -0.05) is 26.0 Å². The lowest BCUT2D eigenvalue weighted by atomic mass is 10.1. The number of hydrogen-bond donors (Lipinski definition) is 1. The number of para-hydroxylation sites is 2. The first-order valence-corrected chi connectivity index (χ1v) is 5.53. The molecule has 1 aromatic carbocycles. The number of nitrogens with zero attached hydrogens (tertiary/aromatic N) is 2. The van der Waals surface area contributed by atoms with E-state index in [4.69, 9.17) is 0 Å². The molecule has 1 rings (SSSR count). The van der Waals surface area contributed by atoms with Gasteiger partial charge in [0, 0.05) is 11.8 Å². The number of anilines is 1. The molecule has 5 nitrogen and oxygen atoms in total. The fraction of sp³-hybridized carbons (Fsp3) is 0.417. The Morgan fingerprint density at radius 2 is 2.12 bits per heavy atom. The molecule has 0 unspecified atom stereocenters. The Bertz CT molecular complexity index is 428. The summed E-state index contributed by atoms with van der Waals surface area (Å²) in [5, 5.41) is 14.9. The maximum absolute atomic E-state index is 10.8. The lowest BCUT2D eigenvalue weighted by molar-refractivity contribution is -0.384. The zero-order valence-corrected chi connectivity index (χ0v) is 10.3. The Hall–Kier alpha value is -1.91. The van der Waals surface area contributed by atoms with E-state index in [2.05, 4.69) is 24.4 Å². The van der Waals surface area contributed by atoms with Crippen LogP contribution >= 0.6 is 0 Å². The summed E-state index contributed by atoms with van der Waals surface area (Å²) in [5.41, 5.74) is 4.13. The van der Waals surface area contributed by atoms with Crippen LogP contribution in [0.25, 0.3) is 0 Å². The van der Waals surface area contributed by atoms with E-state index in [9.17, 15) is 10.1 Å². The molecular weight excluding hydrogens is 218 g/mol. The zero-order chi connectivity index (χ0) is 12.8. The van der Waals surface area contributed by atoms with Gasteiger partial charge in [-0.05, 0) is 25.3 Å². The van der Waals surface area contributed by atoms with Crippen LogP contribution in [0.5, 0.6) is 0 Å². The lowest BCUT2D eigenvalue weighted by Gasteiger charge is -2.05. The average molecular weight is 235 g/mol. The maximum Gasteiger partial charge on any atom is 0.294 e. The van der Waals surface area contributed by atoms with Gasteiger partial charge in [0.2, 0.25) is 0 Å². The van der Waals surface area contributed by atoms with E-state index in [1.165, 1.54) is 6.07 Å². The molecular formula is C12H17N3O2. The number of nitro benzene ring substituents is 1. The smallest absolute Gasteiger partial charge is 0.272 e. The van der Waals surface area contributed by atoms with Crippen molar-refractivity contribution in [3.63, 3.8) is 0 Å². The van der Waals surface area contributed by atoms with E-state index < -0.39 is 4.92 Å². The second-order valence-electron chi connectivity index (χ2n) is 4.33. The standard InChI is InChI=1S/C12H17N3O2/c1-9(2)8-10(3)13-14-11-6-4-5-7-12(11)15(16)17/h4-7,9,14H,8H2,1-3H3/b13-10-. The van der Waals surface area contributed by atoms with Crippen molar-refractivity contribution in [3.8, 4) is 0 Å². The van der Waals surface area contributed by atoms with E-state index >= 15 is 0 Å². The maximum atomic E-state index is 10.8. The number of benzene rings is 1. The summed E-state index contributed by atoms with van der Waals surface area (Å²) in [6.45, 7) is 6.11. The molecule has 0 saturated carbocycles. The van der Waals surface area contributed by atoms with Crippen LogP contribution in [0.3, 0.4) is 0 Å². The first-order chi connectivity index (χ1) is 8.00. The van der Waals surface area contributed by atoms with Crippen LogP contribution in [-0.2, 0) is 0 Å². The minimum atomic E-state index is -0.421. The normalized spacial score (nSPS) is 11.6. The van der Waals surface area contributed by atoms with Crippen molar-refractivity contribution in [2.75, 3.05) is 5.43 Å². The minimum Gasteiger partial charge on any atom is -0.272 e. The Balaban J connectivity index is 2.78. The van der Waals surface area contributed by atoms with E-state index in [0.29, 0.717) is 11.6 Å². The van der Waals surface area contributed by atoms with Crippen LogP contribution < -0.4 is 5.43 Å². The zero-order valence-electron chi connectivity index (χ0n) is 10.3. The second kappa shape index (κ2) is 5.98. The number of hydrogen-bond acceptors (Lipinski definition) is 4. The molecule has 0 radical (unpaired) electrons. The van der Waals surface area contributed by atoms with E-state index in [-0.39, 0.29) is 5.69 Å². The molecule has 0 aliphatic heterocycles. The Morgan fingerprint density at radius 1 is 1.47 bits per heavy atom. The first kappa shape index (κ1) is 13.2. The van der Waals surface area contributed by atoms with Gasteiger partial charge in [-0.25, -0.2) is 0 Å². The SMILES string of the molecule is C/C(CC(C)C)=N/Nc1ccccc1[N+](=O)[O-]. The molecule has 0 aliphatic rings. The Labute approximate surface area is 101 Å². The van der Waals surface area contributed by atoms with Crippen LogP contribution in [0, 0.1) is 16.0 Å². The van der Waals surface area contributed by atoms with E-state index in [0.717, 1.165) is 12.1 Å². The summed E-state index contributed by atoms with van der Waals surface area (Å²) < 4.78 is 0. The van der Waals surface area contributed by atoms with Crippen molar-refractivity contribution in [1.82, 2.24) is 0 Å². The highest BCUT2D eigenvalue weighted by atomic mass is 16.6. The topological polar surface area (TPSA) is 67.5 Å². The molecule has 17 heavy (non-hydrogen) atoms. The van der Waals surface area contributed by atoms with Gasteiger partial charge in [-0.15, -0.1) is 0 Å². The van der Waals surface area contributed by atoms with Gasteiger partial charge < -0.3 is 0 Å². The van der Waals surface area contributed by atoms with Gasteiger partial charge >= 0.3 is 0 Å². The fourth-order valence-electron chi connectivity index (χ4n) is 1.52. The molecule has 0 heterocycles. The Kier molecular flexibility index (Phi) is 4.63. The summed E-state index contributed by atoms with van der Waals surface area (Å²) >= 11 is 0. The molecule has 1 aromatic rings. The highest BCUT2D eigenvalue weighted by Crippen LogP contribution is 2.23. The molecule has 0 atom stereocenters. The summed E-state index contributed by atoms with van der Waals surface area (Å²) in [5.74, 6) is 0.520. The van der Waals surface area contributed by atoms with Gasteiger partial charge in [0.1, 0.15) is 5.69 Å². The predicted molar refractivity (Wildman–Crippen MR) is 69.3 cm³/mol. The number of nitro groups is 1. The second-order valence-corrected chi connectivity index (χ2v) is 4.33. The fourth-order valence-corrected chi connectivity index (χ4v) is 1.52. The molecule has 92 valence electrons. The molecule has 0 aromatic heterocycles. The largest absolute Gasteiger partial charge is 0.294 e. The van der Waals surface area contributed by atoms with E-state index in [1.807, 2.05) is 6.92 Å². The minimum absolute atomic E-state index is 0.0357. The predicted octanol–water partition coefficient (Wildman–Crippen LogP) is 3.43. The average Bonchev–Trinajstić information content (AvgIpc) is 2.25. The summed E-state index contributed by atoms with van der Waals surface area (Å²) in [4.78, 5) is 10.3. The third-order valence-corrected chi connectivity index (χ3v) is 2.17. The van der Waals surface area contributed by atoms with Crippen LogP contribution in [0.1, 0.15) is 27.2 Å². The van der Waals surface area contributed by atoms with Crippen LogP contribution in [-0.4, -0.2) is 10.6 Å². The van der Waals surface area contributed by atoms with Crippen LogP contribution in [0.15, 0.2) is 29.4 Å². The lowest BCUT2D eigenvalue weighted by Crippen LogP contribution is -2.03. The molecule has 0 amide bonds. The van der Waals surface area contributed by atoms with Crippen LogP contribution in [0.2, 0.25) is 0 Å².